The second kappa shape index (κ2) is 10.5. The van der Waals surface area contributed by atoms with E-state index in [4.69, 9.17) is 14.6 Å². The molecule has 0 aliphatic carbocycles. The van der Waals surface area contributed by atoms with Gasteiger partial charge in [-0.3, -0.25) is 14.5 Å². The highest BCUT2D eigenvalue weighted by Crippen LogP contribution is 2.28. The highest BCUT2D eigenvalue weighted by Gasteiger charge is 2.32. The van der Waals surface area contributed by atoms with Crippen LogP contribution in [0, 0.1) is 5.82 Å². The first-order chi connectivity index (χ1) is 15.3. The van der Waals surface area contributed by atoms with Gasteiger partial charge in [0.2, 0.25) is 0 Å². The van der Waals surface area contributed by atoms with Crippen molar-refractivity contribution in [1.29, 1.82) is 0 Å². The van der Waals surface area contributed by atoms with E-state index < -0.39 is 5.97 Å². The van der Waals surface area contributed by atoms with E-state index in [-0.39, 0.29) is 36.8 Å². The second-order valence-electron chi connectivity index (χ2n) is 8.14. The molecule has 3 rings (SSSR count). The summed E-state index contributed by atoms with van der Waals surface area (Å²) in [6.45, 7) is 5.91. The van der Waals surface area contributed by atoms with Gasteiger partial charge in [0.1, 0.15) is 5.82 Å². The Morgan fingerprint density at radius 1 is 1.03 bits per heavy atom. The molecular formula is C24H29FN2O5. The number of carbonyl (C=O) groups excluding carboxylic acids is 1. The minimum absolute atomic E-state index is 0.00239. The summed E-state index contributed by atoms with van der Waals surface area (Å²) >= 11 is 0. The van der Waals surface area contributed by atoms with Crippen LogP contribution in [0.5, 0.6) is 11.5 Å². The predicted molar refractivity (Wildman–Crippen MR) is 117 cm³/mol. The quantitative estimate of drug-likeness (QED) is 0.675. The van der Waals surface area contributed by atoms with Crippen LogP contribution in [0.2, 0.25) is 0 Å². The zero-order valence-corrected chi connectivity index (χ0v) is 18.6. The number of methoxy groups -OCH3 is 1. The lowest BCUT2D eigenvalue weighted by Gasteiger charge is -2.44. The van der Waals surface area contributed by atoms with E-state index >= 15 is 0 Å². The maximum atomic E-state index is 13.2. The number of ether oxygens (including phenoxy) is 2. The van der Waals surface area contributed by atoms with Crippen LogP contribution in [-0.4, -0.2) is 65.7 Å². The molecule has 0 saturated carbocycles. The average Bonchev–Trinajstić information content (AvgIpc) is 2.75. The van der Waals surface area contributed by atoms with E-state index in [1.165, 1.54) is 19.2 Å². The van der Waals surface area contributed by atoms with Crippen molar-refractivity contribution in [1.82, 2.24) is 9.80 Å². The molecule has 0 aromatic heterocycles. The van der Waals surface area contributed by atoms with Crippen LogP contribution >= 0.6 is 0 Å². The summed E-state index contributed by atoms with van der Waals surface area (Å²) in [6, 6.07) is 11.5. The minimum Gasteiger partial charge on any atom is -0.493 e. The van der Waals surface area contributed by atoms with Crippen molar-refractivity contribution in [2.24, 2.45) is 0 Å². The minimum atomic E-state index is -0.933. The molecule has 0 unspecified atom stereocenters. The first kappa shape index (κ1) is 23.5. The molecule has 7 nitrogen and oxygen atoms in total. The normalized spacial score (nSPS) is 18.9. The van der Waals surface area contributed by atoms with E-state index in [9.17, 15) is 14.0 Å². The summed E-state index contributed by atoms with van der Waals surface area (Å²) in [5.74, 6) is -0.522. The Kier molecular flexibility index (Phi) is 7.69. The molecule has 1 fully saturated rings. The summed E-state index contributed by atoms with van der Waals surface area (Å²) < 4.78 is 24.2. The number of amides is 1. The van der Waals surface area contributed by atoms with Gasteiger partial charge in [-0.2, -0.15) is 0 Å². The molecule has 32 heavy (non-hydrogen) atoms. The third-order valence-electron chi connectivity index (χ3n) is 5.67. The van der Waals surface area contributed by atoms with Crippen LogP contribution in [0.3, 0.4) is 0 Å². The van der Waals surface area contributed by atoms with Gasteiger partial charge in [-0.25, -0.2) is 4.39 Å². The highest BCUT2D eigenvalue weighted by molar-refractivity contribution is 5.78. The van der Waals surface area contributed by atoms with Crippen LogP contribution < -0.4 is 9.47 Å². The monoisotopic (exact) mass is 444 g/mol. The third-order valence-corrected chi connectivity index (χ3v) is 5.67. The van der Waals surface area contributed by atoms with Gasteiger partial charge < -0.3 is 19.5 Å². The number of aliphatic carboxylic acids is 1. The predicted octanol–water partition coefficient (Wildman–Crippen LogP) is 2.96. The summed E-state index contributed by atoms with van der Waals surface area (Å²) in [5, 5.41) is 8.94. The Hall–Kier alpha value is -3.13. The molecule has 0 radical (unpaired) electrons. The number of hydrogen-bond acceptors (Lipinski definition) is 5. The Bertz CT molecular complexity index is 950. The van der Waals surface area contributed by atoms with Gasteiger partial charge in [0.05, 0.1) is 13.5 Å². The summed E-state index contributed by atoms with van der Waals surface area (Å²) in [4.78, 5) is 27.9. The summed E-state index contributed by atoms with van der Waals surface area (Å²) in [7, 11) is 1.47. The van der Waals surface area contributed by atoms with E-state index in [1.54, 1.807) is 30.3 Å². The smallest absolute Gasteiger partial charge is 0.307 e. The maximum Gasteiger partial charge on any atom is 0.307 e. The van der Waals surface area contributed by atoms with E-state index in [0.29, 0.717) is 36.7 Å². The van der Waals surface area contributed by atoms with Crippen LogP contribution in [0.25, 0.3) is 0 Å². The number of benzene rings is 2. The van der Waals surface area contributed by atoms with Gasteiger partial charge in [-0.1, -0.05) is 18.2 Å². The van der Waals surface area contributed by atoms with E-state index in [2.05, 4.69) is 11.8 Å². The summed E-state index contributed by atoms with van der Waals surface area (Å²) in [6.07, 6.45) is -0.118. The van der Waals surface area contributed by atoms with Crippen molar-refractivity contribution in [3.63, 3.8) is 0 Å². The molecule has 1 aliphatic rings. The average molecular weight is 445 g/mol. The molecule has 1 heterocycles. The summed E-state index contributed by atoms with van der Waals surface area (Å²) in [5.41, 5.74) is 1.62. The molecule has 1 saturated heterocycles. The zero-order chi connectivity index (χ0) is 23.3. The van der Waals surface area contributed by atoms with Gasteiger partial charge in [0.25, 0.3) is 5.91 Å². The SMILES string of the molecule is COc1cc(CC(=O)O)ccc1OCC(=O)N1C[C@@H](C)N(Cc2ccc(F)cc2)C[C@@H]1C. The zero-order valence-electron chi connectivity index (χ0n) is 18.6. The van der Waals surface area contributed by atoms with Crippen molar-refractivity contribution < 1.29 is 28.6 Å². The number of carboxylic acids is 1. The van der Waals surface area contributed by atoms with Gasteiger partial charge in [0, 0.05) is 31.7 Å². The van der Waals surface area contributed by atoms with Crippen molar-refractivity contribution in [3.8, 4) is 11.5 Å². The largest absolute Gasteiger partial charge is 0.493 e. The molecular weight excluding hydrogens is 415 g/mol. The molecule has 1 amide bonds. The molecule has 2 aromatic rings. The Morgan fingerprint density at radius 3 is 2.38 bits per heavy atom. The molecule has 1 N–H and O–H groups in total. The number of nitrogens with zero attached hydrogens (tertiary/aromatic N) is 2. The molecule has 0 spiro atoms. The fraction of sp³-hybridized carbons (Fsp3) is 0.417. The van der Waals surface area contributed by atoms with Gasteiger partial charge in [-0.05, 0) is 49.2 Å². The Morgan fingerprint density at radius 2 is 1.72 bits per heavy atom. The molecule has 2 atom stereocenters. The van der Waals surface area contributed by atoms with Gasteiger partial charge in [-0.15, -0.1) is 0 Å². The van der Waals surface area contributed by atoms with E-state index in [0.717, 1.165) is 5.56 Å². The molecule has 172 valence electrons. The van der Waals surface area contributed by atoms with Crippen molar-refractivity contribution in [3.05, 3.63) is 59.4 Å². The number of halogens is 1. The van der Waals surface area contributed by atoms with Crippen LogP contribution in [0.4, 0.5) is 4.39 Å². The third kappa shape index (κ3) is 5.97. The maximum absolute atomic E-state index is 13.2. The standard InChI is InChI=1S/C24H29FN2O5/c1-16-13-27(17(2)12-26(16)14-18-4-7-20(25)8-5-18)23(28)15-32-21-9-6-19(11-24(29)30)10-22(21)31-3/h4-10,16-17H,11-15H2,1-3H3,(H,29,30)/t16-,17+/m1/s1. The molecule has 8 heteroatoms. The van der Waals surface area contributed by atoms with Crippen LogP contribution in [-0.2, 0) is 22.6 Å². The first-order valence-corrected chi connectivity index (χ1v) is 10.6. The van der Waals surface area contributed by atoms with Crippen molar-refractivity contribution >= 4 is 11.9 Å². The lowest BCUT2D eigenvalue weighted by atomic mass is 10.1. The number of carbonyl (C=O) groups is 2. The lowest BCUT2D eigenvalue weighted by Crippen LogP contribution is -2.58. The van der Waals surface area contributed by atoms with Crippen molar-refractivity contribution in [2.45, 2.75) is 38.9 Å². The first-order valence-electron chi connectivity index (χ1n) is 10.6. The fourth-order valence-corrected chi connectivity index (χ4v) is 3.93. The van der Waals surface area contributed by atoms with Crippen LogP contribution in [0.1, 0.15) is 25.0 Å². The Balaban J connectivity index is 1.58. The van der Waals surface area contributed by atoms with Crippen LogP contribution in [0.15, 0.2) is 42.5 Å². The number of hydrogen-bond donors (Lipinski definition) is 1. The lowest BCUT2D eigenvalue weighted by molar-refractivity contribution is -0.139. The second-order valence-corrected chi connectivity index (χ2v) is 8.14. The fourth-order valence-electron chi connectivity index (χ4n) is 3.93. The molecule has 2 aromatic carbocycles. The number of piperazine rings is 1. The highest BCUT2D eigenvalue weighted by atomic mass is 19.1. The topological polar surface area (TPSA) is 79.3 Å². The van der Waals surface area contributed by atoms with Crippen molar-refractivity contribution in [2.75, 3.05) is 26.8 Å². The van der Waals surface area contributed by atoms with Gasteiger partial charge in [0.15, 0.2) is 18.1 Å². The number of carboxylic acid groups (broad SMARTS) is 1. The molecule has 0 bridgehead atoms. The van der Waals surface area contributed by atoms with E-state index in [1.807, 2.05) is 11.8 Å². The van der Waals surface area contributed by atoms with Gasteiger partial charge >= 0.3 is 5.97 Å². The number of rotatable bonds is 8. The Labute approximate surface area is 187 Å². The molecule has 1 aliphatic heterocycles.